The second kappa shape index (κ2) is 3.76. The van der Waals surface area contributed by atoms with Gasteiger partial charge in [0, 0.05) is 6.54 Å². The summed E-state index contributed by atoms with van der Waals surface area (Å²) in [5.74, 6) is 0. The van der Waals surface area contributed by atoms with Gasteiger partial charge in [-0.3, -0.25) is 0 Å². The van der Waals surface area contributed by atoms with Crippen molar-refractivity contribution < 1.29 is 9.28 Å². The van der Waals surface area contributed by atoms with Crippen molar-refractivity contribution in [3.63, 3.8) is 0 Å². The molecule has 0 saturated carbocycles. The molecule has 6 heteroatoms. The third kappa shape index (κ3) is 2.58. The lowest BCUT2D eigenvalue weighted by atomic mass is 10.7. The molecule has 0 aromatic carbocycles. The largest absolute Gasteiger partial charge is 0.370 e. The summed E-state index contributed by atoms with van der Waals surface area (Å²) in [6.07, 6.45) is 0. The summed E-state index contributed by atoms with van der Waals surface area (Å²) in [7, 11) is 0. The van der Waals surface area contributed by atoms with Gasteiger partial charge in [-0.2, -0.15) is 0 Å². The second-order valence-corrected chi connectivity index (χ2v) is 1.18. The van der Waals surface area contributed by atoms with Crippen LogP contribution in [0.2, 0.25) is 0 Å². The van der Waals surface area contributed by atoms with E-state index in [4.69, 9.17) is 0 Å². The smallest absolute Gasteiger partial charge is 0.335 e. The number of amides is 2. The van der Waals surface area contributed by atoms with Crippen LogP contribution >= 0.6 is 0 Å². The Bertz CT molecular complexity index is 118. The Hall–Kier alpha value is -1.20. The molecular formula is C3H6FN3O2. The molecule has 0 bridgehead atoms. The second-order valence-electron chi connectivity index (χ2n) is 1.18. The highest BCUT2D eigenvalue weighted by Gasteiger charge is 2.09. The van der Waals surface area contributed by atoms with Crippen LogP contribution in [-0.4, -0.2) is 17.8 Å². The van der Waals surface area contributed by atoms with Crippen molar-refractivity contribution in [1.82, 2.24) is 10.5 Å². The van der Waals surface area contributed by atoms with E-state index in [1.165, 1.54) is 0 Å². The van der Waals surface area contributed by atoms with E-state index < -0.39 is 11.3 Å². The van der Waals surface area contributed by atoms with Gasteiger partial charge in [0.2, 0.25) is 0 Å². The minimum absolute atomic E-state index is 0.259. The summed E-state index contributed by atoms with van der Waals surface area (Å²) in [6, 6.07) is -1.15. The summed E-state index contributed by atoms with van der Waals surface area (Å²) >= 11 is 0. The molecule has 0 heterocycles. The standard InChI is InChI=1S/C3H6FN3O2/c1-2-5-3(8)7(4)6-9/h2H2,1H3,(H,5,8). The molecule has 52 valence electrons. The molecule has 5 nitrogen and oxygen atoms in total. The Morgan fingerprint density at radius 3 is 2.78 bits per heavy atom. The number of carbonyl (C=O) groups excluding carboxylic acids is 1. The summed E-state index contributed by atoms with van der Waals surface area (Å²) in [5.41, 5.74) is 0. The van der Waals surface area contributed by atoms with Crippen molar-refractivity contribution in [1.29, 1.82) is 0 Å². The van der Waals surface area contributed by atoms with Gasteiger partial charge in [-0.25, -0.2) is 4.79 Å². The maximum Gasteiger partial charge on any atom is 0.370 e. The molecule has 0 aromatic heterocycles. The third-order valence-electron chi connectivity index (χ3n) is 0.567. The maximum absolute atomic E-state index is 11.7. The first-order chi connectivity index (χ1) is 4.22. The summed E-state index contributed by atoms with van der Waals surface area (Å²) in [6.45, 7) is 1.85. The number of nitroso groups, excluding NO2 is 1. The van der Waals surface area contributed by atoms with Crippen molar-refractivity contribution in [2.24, 2.45) is 5.29 Å². The van der Waals surface area contributed by atoms with Gasteiger partial charge in [0.25, 0.3) is 0 Å². The first-order valence-electron chi connectivity index (χ1n) is 2.29. The zero-order valence-corrected chi connectivity index (χ0v) is 4.80. The zero-order chi connectivity index (χ0) is 7.28. The fourth-order valence-electron chi connectivity index (χ4n) is 0.254. The van der Waals surface area contributed by atoms with Crippen molar-refractivity contribution in [3.05, 3.63) is 4.91 Å². The molecule has 0 aromatic rings. The number of urea groups is 1. The Morgan fingerprint density at radius 2 is 2.44 bits per heavy atom. The van der Waals surface area contributed by atoms with E-state index in [9.17, 15) is 14.2 Å². The van der Waals surface area contributed by atoms with Crippen LogP contribution in [0.3, 0.4) is 0 Å². The molecular weight excluding hydrogens is 129 g/mol. The molecule has 0 atom stereocenters. The molecule has 0 radical (unpaired) electrons. The molecule has 0 fully saturated rings. The van der Waals surface area contributed by atoms with Gasteiger partial charge >= 0.3 is 6.03 Å². The minimum Gasteiger partial charge on any atom is -0.335 e. The summed E-state index contributed by atoms with van der Waals surface area (Å²) in [5, 5.41) is 2.92. The van der Waals surface area contributed by atoms with Crippen LogP contribution in [0.25, 0.3) is 0 Å². The van der Waals surface area contributed by atoms with Gasteiger partial charge in [-0.05, 0) is 12.2 Å². The average molecular weight is 135 g/mol. The molecule has 1 N–H and O–H groups in total. The van der Waals surface area contributed by atoms with Gasteiger partial charge in [0.15, 0.2) is 0 Å². The highest BCUT2D eigenvalue weighted by atomic mass is 19.2. The Labute approximate surface area is 50.7 Å². The van der Waals surface area contributed by atoms with Crippen LogP contribution in [0.5, 0.6) is 0 Å². The van der Waals surface area contributed by atoms with E-state index in [2.05, 4.69) is 0 Å². The normalized spacial score (nSPS) is 8.22. The number of hydrogen-bond acceptors (Lipinski definition) is 3. The van der Waals surface area contributed by atoms with Crippen molar-refractivity contribution in [2.75, 3.05) is 6.54 Å². The number of rotatable bonds is 2. The Morgan fingerprint density at radius 1 is 1.89 bits per heavy atom. The van der Waals surface area contributed by atoms with E-state index in [-0.39, 0.29) is 6.54 Å². The SMILES string of the molecule is CCNC(=O)N(F)N=O. The molecule has 9 heavy (non-hydrogen) atoms. The first-order valence-corrected chi connectivity index (χ1v) is 2.29. The lowest BCUT2D eigenvalue weighted by molar-refractivity contribution is 0.0675. The number of nitrogens with one attached hydrogen (secondary N) is 1. The maximum atomic E-state index is 11.7. The molecule has 0 aliphatic rings. The summed E-state index contributed by atoms with van der Waals surface area (Å²) < 4.78 is 11.7. The highest BCUT2D eigenvalue weighted by molar-refractivity contribution is 5.72. The average Bonchev–Trinajstić information content (AvgIpc) is 1.87. The van der Waals surface area contributed by atoms with Gasteiger partial charge in [-0.1, -0.05) is 4.48 Å². The Balaban J connectivity index is 3.58. The highest BCUT2D eigenvalue weighted by Crippen LogP contribution is 1.87. The van der Waals surface area contributed by atoms with Crippen molar-refractivity contribution in [3.8, 4) is 0 Å². The quantitative estimate of drug-likeness (QED) is 0.342. The van der Waals surface area contributed by atoms with Crippen LogP contribution < -0.4 is 5.32 Å². The number of nitrogens with zero attached hydrogens (tertiary/aromatic N) is 2. The van der Waals surface area contributed by atoms with Gasteiger partial charge < -0.3 is 5.32 Å². The first kappa shape index (κ1) is 7.80. The minimum atomic E-state index is -1.15. The molecule has 0 aliphatic carbocycles. The third-order valence-corrected chi connectivity index (χ3v) is 0.567. The monoisotopic (exact) mass is 135 g/mol. The van der Waals surface area contributed by atoms with Crippen LogP contribution in [0.1, 0.15) is 6.92 Å². The van der Waals surface area contributed by atoms with E-state index in [0.29, 0.717) is 0 Å². The van der Waals surface area contributed by atoms with Crippen molar-refractivity contribution >= 4 is 6.03 Å². The van der Waals surface area contributed by atoms with Gasteiger partial charge in [0.1, 0.15) is 0 Å². The molecule has 0 saturated heterocycles. The van der Waals surface area contributed by atoms with Crippen LogP contribution in [0, 0.1) is 4.91 Å². The number of halogens is 1. The lowest BCUT2D eigenvalue weighted by Crippen LogP contribution is -2.30. The number of hydrogen-bond donors (Lipinski definition) is 1. The van der Waals surface area contributed by atoms with E-state index in [1.54, 1.807) is 12.2 Å². The van der Waals surface area contributed by atoms with E-state index in [0.717, 1.165) is 0 Å². The Kier molecular flexibility index (Phi) is 3.26. The fourth-order valence-corrected chi connectivity index (χ4v) is 0.254. The predicted molar refractivity (Wildman–Crippen MR) is 27.8 cm³/mol. The van der Waals surface area contributed by atoms with Gasteiger partial charge in [-0.15, -0.1) is 4.91 Å². The topological polar surface area (TPSA) is 61.8 Å². The van der Waals surface area contributed by atoms with Crippen LogP contribution in [-0.2, 0) is 0 Å². The van der Waals surface area contributed by atoms with Crippen molar-refractivity contribution in [2.45, 2.75) is 6.92 Å². The molecule has 0 unspecified atom stereocenters. The predicted octanol–water partition coefficient (Wildman–Crippen LogP) is 0.584. The summed E-state index contributed by atoms with van der Waals surface area (Å²) in [4.78, 5) is 19.4. The molecule has 0 rings (SSSR count). The van der Waals surface area contributed by atoms with E-state index in [1.807, 2.05) is 5.32 Å². The molecule has 0 aliphatic heterocycles. The molecule has 0 spiro atoms. The van der Waals surface area contributed by atoms with E-state index >= 15 is 0 Å². The van der Waals surface area contributed by atoms with Crippen LogP contribution in [0.15, 0.2) is 5.29 Å². The molecule has 2 amide bonds. The fraction of sp³-hybridized carbons (Fsp3) is 0.667. The number of carbonyl (C=O) groups is 1. The van der Waals surface area contributed by atoms with Gasteiger partial charge in [0.05, 0.1) is 5.29 Å². The lowest BCUT2D eigenvalue weighted by Gasteiger charge is -2.00. The zero-order valence-electron chi connectivity index (χ0n) is 4.80. The van der Waals surface area contributed by atoms with Crippen LogP contribution in [0.4, 0.5) is 9.28 Å².